The average Bonchev–Trinajstić information content (AvgIpc) is 2.64. The van der Waals surface area contributed by atoms with Gasteiger partial charge < -0.3 is 10.6 Å². The molecule has 0 aliphatic carbocycles. The van der Waals surface area contributed by atoms with E-state index in [-0.39, 0.29) is 12.5 Å². The predicted octanol–water partition coefficient (Wildman–Crippen LogP) is -0.785. The summed E-state index contributed by atoms with van der Waals surface area (Å²) < 4.78 is 1.50. The molecule has 1 aromatic heterocycles. The molecular formula is C8H15N5O. The maximum absolute atomic E-state index is 11.4. The first-order valence-electron chi connectivity index (χ1n) is 4.49. The maximum Gasteiger partial charge on any atom is 0.244 e. The van der Waals surface area contributed by atoms with Crippen molar-refractivity contribution in [1.82, 2.24) is 19.7 Å². The second-order valence-electron chi connectivity index (χ2n) is 2.97. The lowest BCUT2D eigenvalue weighted by molar-refractivity contribution is -0.130. The summed E-state index contributed by atoms with van der Waals surface area (Å²) >= 11 is 0. The summed E-state index contributed by atoms with van der Waals surface area (Å²) in [5.41, 5.74) is 5.35. The Morgan fingerprint density at radius 2 is 2.43 bits per heavy atom. The number of carbonyl (C=O) groups excluding carboxylic acids is 1. The number of likely N-dealkylation sites (N-methyl/N-ethyl adjacent to an activating group) is 1. The van der Waals surface area contributed by atoms with Gasteiger partial charge in [0, 0.05) is 13.6 Å². The van der Waals surface area contributed by atoms with Gasteiger partial charge in [-0.05, 0) is 6.92 Å². The van der Waals surface area contributed by atoms with Gasteiger partial charge in [-0.25, -0.2) is 9.67 Å². The number of hydrogen-bond donors (Lipinski definition) is 1. The Hall–Kier alpha value is -1.43. The van der Waals surface area contributed by atoms with E-state index in [1.54, 1.807) is 11.9 Å². The fourth-order valence-corrected chi connectivity index (χ4v) is 0.939. The van der Waals surface area contributed by atoms with Gasteiger partial charge in [-0.15, -0.1) is 0 Å². The summed E-state index contributed by atoms with van der Waals surface area (Å²) in [7, 11) is 1.75. The number of amides is 1. The largest absolute Gasteiger partial charge is 0.344 e. The molecule has 0 radical (unpaired) electrons. The summed E-state index contributed by atoms with van der Waals surface area (Å²) in [5.74, 6) is 0.568. The molecule has 0 aliphatic heterocycles. The van der Waals surface area contributed by atoms with Crippen molar-refractivity contribution in [3.8, 4) is 0 Å². The molecule has 6 heteroatoms. The monoisotopic (exact) mass is 197 g/mol. The minimum atomic E-state index is 0.0148. The molecule has 0 aromatic carbocycles. The van der Waals surface area contributed by atoms with E-state index < -0.39 is 0 Å². The molecule has 0 unspecified atom stereocenters. The van der Waals surface area contributed by atoms with E-state index in [2.05, 4.69) is 10.1 Å². The lowest BCUT2D eigenvalue weighted by atomic mass is 10.5. The number of nitrogens with zero attached hydrogens (tertiary/aromatic N) is 4. The van der Waals surface area contributed by atoms with Crippen molar-refractivity contribution < 1.29 is 4.79 Å². The minimum absolute atomic E-state index is 0.0148. The quantitative estimate of drug-likeness (QED) is 0.686. The number of rotatable bonds is 4. The smallest absolute Gasteiger partial charge is 0.244 e. The molecule has 0 spiro atoms. The van der Waals surface area contributed by atoms with Gasteiger partial charge in [-0.3, -0.25) is 4.79 Å². The van der Waals surface area contributed by atoms with Gasteiger partial charge in [-0.1, -0.05) is 0 Å². The molecule has 0 saturated heterocycles. The topological polar surface area (TPSA) is 77.0 Å². The molecule has 0 aliphatic rings. The Balaban J connectivity index is 2.56. The second-order valence-corrected chi connectivity index (χ2v) is 2.97. The fraction of sp³-hybridized carbons (Fsp3) is 0.625. The van der Waals surface area contributed by atoms with Crippen LogP contribution in [0.15, 0.2) is 6.33 Å². The molecule has 0 saturated carbocycles. The highest BCUT2D eigenvalue weighted by Crippen LogP contribution is 1.91. The van der Waals surface area contributed by atoms with Crippen LogP contribution in [0.3, 0.4) is 0 Å². The second kappa shape index (κ2) is 4.71. The molecule has 1 aromatic rings. The highest BCUT2D eigenvalue weighted by atomic mass is 16.2. The van der Waals surface area contributed by atoms with Crippen LogP contribution in [0.1, 0.15) is 12.7 Å². The van der Waals surface area contributed by atoms with Gasteiger partial charge in [0.2, 0.25) is 5.91 Å². The highest BCUT2D eigenvalue weighted by molar-refractivity contribution is 5.75. The Bertz CT molecular complexity index is 308. The van der Waals surface area contributed by atoms with Crippen LogP contribution in [0.25, 0.3) is 0 Å². The van der Waals surface area contributed by atoms with Crippen molar-refractivity contribution in [2.24, 2.45) is 5.73 Å². The van der Waals surface area contributed by atoms with E-state index in [4.69, 9.17) is 5.73 Å². The van der Waals surface area contributed by atoms with E-state index >= 15 is 0 Å². The molecule has 1 heterocycles. The van der Waals surface area contributed by atoms with Crippen molar-refractivity contribution in [3.63, 3.8) is 0 Å². The Labute approximate surface area is 82.7 Å². The van der Waals surface area contributed by atoms with Gasteiger partial charge in [0.1, 0.15) is 12.9 Å². The third kappa shape index (κ3) is 2.53. The number of aromatic nitrogens is 3. The van der Waals surface area contributed by atoms with Crippen LogP contribution >= 0.6 is 0 Å². The minimum Gasteiger partial charge on any atom is -0.344 e. The first-order valence-corrected chi connectivity index (χ1v) is 4.49. The van der Waals surface area contributed by atoms with Crippen LogP contribution in [0.4, 0.5) is 0 Å². The standard InChI is InChI=1S/C8H15N5O/c1-3-12(2)8(14)5-13-6-10-7(4-9)11-13/h6H,3-5,9H2,1-2H3. The van der Waals surface area contributed by atoms with E-state index in [0.29, 0.717) is 18.9 Å². The van der Waals surface area contributed by atoms with Gasteiger partial charge >= 0.3 is 0 Å². The first-order chi connectivity index (χ1) is 6.67. The van der Waals surface area contributed by atoms with Crippen molar-refractivity contribution in [2.45, 2.75) is 20.0 Å². The van der Waals surface area contributed by atoms with Gasteiger partial charge in [0.25, 0.3) is 0 Å². The third-order valence-corrected chi connectivity index (χ3v) is 1.96. The summed E-state index contributed by atoms with van der Waals surface area (Å²) in [4.78, 5) is 17.0. The fourth-order valence-electron chi connectivity index (χ4n) is 0.939. The van der Waals surface area contributed by atoms with Crippen LogP contribution in [0.5, 0.6) is 0 Å². The SMILES string of the molecule is CCN(C)C(=O)Cn1cnc(CN)n1. The Morgan fingerprint density at radius 3 is 2.93 bits per heavy atom. The zero-order chi connectivity index (χ0) is 10.6. The zero-order valence-corrected chi connectivity index (χ0v) is 8.47. The predicted molar refractivity (Wildman–Crippen MR) is 51.2 cm³/mol. The summed E-state index contributed by atoms with van der Waals surface area (Å²) in [5, 5.41) is 4.02. The molecule has 14 heavy (non-hydrogen) atoms. The Kier molecular flexibility index (Phi) is 3.58. The van der Waals surface area contributed by atoms with Crippen LogP contribution in [-0.4, -0.2) is 39.2 Å². The van der Waals surface area contributed by atoms with Crippen LogP contribution in [0.2, 0.25) is 0 Å². The summed E-state index contributed by atoms with van der Waals surface area (Å²) in [6.07, 6.45) is 1.52. The van der Waals surface area contributed by atoms with Gasteiger partial charge in [0.15, 0.2) is 5.82 Å². The molecule has 1 amide bonds. The normalized spacial score (nSPS) is 10.2. The maximum atomic E-state index is 11.4. The molecule has 0 atom stereocenters. The first kappa shape index (κ1) is 10.6. The lowest BCUT2D eigenvalue weighted by Crippen LogP contribution is -2.30. The molecular weight excluding hydrogens is 182 g/mol. The summed E-state index contributed by atoms with van der Waals surface area (Å²) in [6, 6.07) is 0. The van der Waals surface area contributed by atoms with Gasteiger partial charge in [-0.2, -0.15) is 5.10 Å². The Morgan fingerprint density at radius 1 is 1.71 bits per heavy atom. The molecule has 6 nitrogen and oxygen atoms in total. The molecule has 1 rings (SSSR count). The van der Waals surface area contributed by atoms with Crippen molar-refractivity contribution in [2.75, 3.05) is 13.6 Å². The molecule has 78 valence electrons. The van der Waals surface area contributed by atoms with Crippen molar-refractivity contribution >= 4 is 5.91 Å². The molecule has 0 bridgehead atoms. The average molecular weight is 197 g/mol. The van der Waals surface area contributed by atoms with Crippen molar-refractivity contribution in [3.05, 3.63) is 12.2 Å². The number of nitrogens with two attached hydrogens (primary N) is 1. The molecule has 0 fully saturated rings. The highest BCUT2D eigenvalue weighted by Gasteiger charge is 2.08. The molecule has 2 N–H and O–H groups in total. The zero-order valence-electron chi connectivity index (χ0n) is 8.47. The lowest BCUT2D eigenvalue weighted by Gasteiger charge is -2.13. The van der Waals surface area contributed by atoms with E-state index in [1.165, 1.54) is 11.0 Å². The van der Waals surface area contributed by atoms with E-state index in [9.17, 15) is 4.79 Å². The van der Waals surface area contributed by atoms with Gasteiger partial charge in [0.05, 0.1) is 6.54 Å². The van der Waals surface area contributed by atoms with Crippen LogP contribution in [-0.2, 0) is 17.9 Å². The number of carbonyl (C=O) groups is 1. The van der Waals surface area contributed by atoms with Crippen LogP contribution < -0.4 is 5.73 Å². The van der Waals surface area contributed by atoms with Crippen LogP contribution in [0, 0.1) is 0 Å². The van der Waals surface area contributed by atoms with E-state index in [1.807, 2.05) is 6.92 Å². The van der Waals surface area contributed by atoms with E-state index in [0.717, 1.165) is 0 Å². The van der Waals surface area contributed by atoms with Crippen molar-refractivity contribution in [1.29, 1.82) is 0 Å². The summed E-state index contributed by atoms with van der Waals surface area (Å²) in [6.45, 7) is 3.13. The third-order valence-electron chi connectivity index (χ3n) is 1.96. The number of hydrogen-bond acceptors (Lipinski definition) is 4.